The molecule has 1 aromatic carbocycles. The lowest BCUT2D eigenvalue weighted by molar-refractivity contribution is -0.142. The largest absolute Gasteiger partial charge is 0.383 e. The van der Waals surface area contributed by atoms with Crippen molar-refractivity contribution in [3.8, 4) is 0 Å². The molecule has 1 aliphatic rings. The highest BCUT2D eigenvalue weighted by Gasteiger charge is 2.33. The number of hydrogen-bond donors (Lipinski definition) is 0. The Labute approximate surface area is 183 Å². The number of thiophene rings is 1. The van der Waals surface area contributed by atoms with Crippen molar-refractivity contribution in [2.45, 2.75) is 45.6 Å². The van der Waals surface area contributed by atoms with E-state index in [1.54, 1.807) is 23.3 Å². The maximum absolute atomic E-state index is 13.4. The molecule has 0 N–H and O–H groups in total. The van der Waals surface area contributed by atoms with Gasteiger partial charge in [0.15, 0.2) is 0 Å². The maximum Gasteiger partial charge on any atom is 0.242 e. The van der Waals surface area contributed by atoms with Crippen molar-refractivity contribution in [2.24, 2.45) is 0 Å². The van der Waals surface area contributed by atoms with Crippen LogP contribution >= 0.6 is 11.3 Å². The van der Waals surface area contributed by atoms with Crippen LogP contribution < -0.4 is 0 Å². The number of ether oxygens (including phenoxy) is 1. The smallest absolute Gasteiger partial charge is 0.242 e. The summed E-state index contributed by atoms with van der Waals surface area (Å²) in [6.45, 7) is 5.79. The summed E-state index contributed by atoms with van der Waals surface area (Å²) in [6, 6.07) is 10.5. The highest BCUT2D eigenvalue weighted by atomic mass is 32.1. The number of aryl methyl sites for hydroxylation is 1. The van der Waals surface area contributed by atoms with Crippen molar-refractivity contribution in [1.82, 2.24) is 9.80 Å². The SMILES string of the molecule is CCCCC(=O)N(CCOC)CC(=O)N1CCc2sccc2[C@@H]1c1ccc(C)cc1. The minimum absolute atomic E-state index is 0.00150. The molecule has 0 radical (unpaired) electrons. The van der Waals surface area contributed by atoms with Gasteiger partial charge in [-0.1, -0.05) is 43.2 Å². The third kappa shape index (κ3) is 5.29. The molecule has 2 amide bonds. The van der Waals surface area contributed by atoms with Gasteiger partial charge < -0.3 is 14.5 Å². The Morgan fingerprint density at radius 2 is 2.00 bits per heavy atom. The van der Waals surface area contributed by atoms with E-state index in [1.807, 2.05) is 4.90 Å². The minimum Gasteiger partial charge on any atom is -0.383 e. The van der Waals surface area contributed by atoms with Gasteiger partial charge in [-0.05, 0) is 42.3 Å². The predicted octanol–water partition coefficient (Wildman–Crippen LogP) is 4.20. The molecule has 2 aromatic rings. The van der Waals surface area contributed by atoms with E-state index in [9.17, 15) is 9.59 Å². The molecule has 1 aliphatic heterocycles. The van der Waals surface area contributed by atoms with Crippen LogP contribution in [0.15, 0.2) is 35.7 Å². The molecule has 3 rings (SSSR count). The first-order valence-electron chi connectivity index (χ1n) is 10.7. The molecule has 5 nitrogen and oxygen atoms in total. The third-order valence-electron chi connectivity index (χ3n) is 5.67. The van der Waals surface area contributed by atoms with E-state index in [2.05, 4.69) is 49.6 Å². The molecular weight excluding hydrogens is 396 g/mol. The summed E-state index contributed by atoms with van der Waals surface area (Å²) in [5, 5.41) is 2.11. The summed E-state index contributed by atoms with van der Waals surface area (Å²) >= 11 is 1.76. The molecule has 0 aliphatic carbocycles. The Balaban J connectivity index is 1.82. The molecule has 1 aromatic heterocycles. The highest BCUT2D eigenvalue weighted by molar-refractivity contribution is 7.10. The zero-order valence-electron chi connectivity index (χ0n) is 18.2. The van der Waals surface area contributed by atoms with Gasteiger partial charge in [0.1, 0.15) is 0 Å². The van der Waals surface area contributed by atoms with Crippen molar-refractivity contribution < 1.29 is 14.3 Å². The number of unbranched alkanes of at least 4 members (excludes halogenated alkanes) is 1. The Bertz CT molecular complexity index is 846. The number of hydrogen-bond acceptors (Lipinski definition) is 4. The third-order valence-corrected chi connectivity index (χ3v) is 6.66. The van der Waals surface area contributed by atoms with Crippen LogP contribution in [0.25, 0.3) is 0 Å². The van der Waals surface area contributed by atoms with Crippen molar-refractivity contribution in [3.05, 3.63) is 57.3 Å². The fraction of sp³-hybridized carbons (Fsp3) is 0.500. The number of nitrogens with zero attached hydrogens (tertiary/aromatic N) is 2. The first-order valence-corrected chi connectivity index (χ1v) is 11.6. The Kier molecular flexibility index (Phi) is 8.05. The predicted molar refractivity (Wildman–Crippen MR) is 121 cm³/mol. The summed E-state index contributed by atoms with van der Waals surface area (Å²) in [6.07, 6.45) is 3.14. The first kappa shape index (κ1) is 22.5. The van der Waals surface area contributed by atoms with Crippen LogP contribution in [-0.2, 0) is 20.7 Å². The molecule has 0 saturated carbocycles. The number of carbonyl (C=O) groups excluding carboxylic acids is 2. The van der Waals surface area contributed by atoms with Gasteiger partial charge in [0.05, 0.1) is 19.2 Å². The standard InChI is InChI=1S/C24H32N2O3S/c1-4-5-6-22(27)25(14-15-29-3)17-23(28)26-13-11-21-20(12-16-30-21)24(26)19-9-7-18(2)8-10-19/h7-10,12,16,24H,4-6,11,13-15,17H2,1-3H3/t24-/m0/s1. The minimum atomic E-state index is -0.0943. The summed E-state index contributed by atoms with van der Waals surface area (Å²) in [7, 11) is 1.62. The van der Waals surface area contributed by atoms with E-state index in [1.165, 1.54) is 16.0 Å². The van der Waals surface area contributed by atoms with Gasteiger partial charge >= 0.3 is 0 Å². The van der Waals surface area contributed by atoms with Gasteiger partial charge in [0, 0.05) is 31.5 Å². The number of amides is 2. The molecule has 0 unspecified atom stereocenters. The normalized spacial score (nSPS) is 15.7. The summed E-state index contributed by atoms with van der Waals surface area (Å²) < 4.78 is 5.17. The van der Waals surface area contributed by atoms with Crippen LogP contribution in [0.3, 0.4) is 0 Å². The summed E-state index contributed by atoms with van der Waals surface area (Å²) in [4.78, 5) is 31.1. The highest BCUT2D eigenvalue weighted by Crippen LogP contribution is 2.37. The molecule has 0 saturated heterocycles. The molecule has 162 valence electrons. The van der Waals surface area contributed by atoms with Crippen LogP contribution in [0.5, 0.6) is 0 Å². The first-order chi connectivity index (χ1) is 14.5. The average molecular weight is 429 g/mol. The quantitative estimate of drug-likeness (QED) is 0.602. The number of methoxy groups -OCH3 is 1. The zero-order chi connectivity index (χ0) is 21.5. The second-order valence-electron chi connectivity index (χ2n) is 7.86. The van der Waals surface area contributed by atoms with Gasteiger partial charge in [-0.25, -0.2) is 0 Å². The van der Waals surface area contributed by atoms with Gasteiger partial charge in [0.2, 0.25) is 11.8 Å². The molecule has 1 atom stereocenters. The Morgan fingerprint density at radius 3 is 2.70 bits per heavy atom. The topological polar surface area (TPSA) is 49.9 Å². The Morgan fingerprint density at radius 1 is 1.23 bits per heavy atom. The average Bonchev–Trinajstić information content (AvgIpc) is 3.23. The monoisotopic (exact) mass is 428 g/mol. The van der Waals surface area contributed by atoms with E-state index in [-0.39, 0.29) is 24.4 Å². The molecule has 2 heterocycles. The second kappa shape index (κ2) is 10.7. The van der Waals surface area contributed by atoms with Crippen LogP contribution in [0, 0.1) is 6.92 Å². The van der Waals surface area contributed by atoms with Crippen LogP contribution in [0.2, 0.25) is 0 Å². The molecular formula is C24H32N2O3S. The van der Waals surface area contributed by atoms with Crippen LogP contribution in [-0.4, -0.2) is 55.0 Å². The number of rotatable bonds is 9. The van der Waals surface area contributed by atoms with Crippen LogP contribution in [0.4, 0.5) is 0 Å². The van der Waals surface area contributed by atoms with Crippen molar-refractivity contribution in [1.29, 1.82) is 0 Å². The maximum atomic E-state index is 13.4. The number of carbonyl (C=O) groups is 2. The lowest BCUT2D eigenvalue weighted by Gasteiger charge is -2.37. The van der Waals surface area contributed by atoms with Gasteiger partial charge in [-0.3, -0.25) is 9.59 Å². The van der Waals surface area contributed by atoms with Crippen LogP contribution in [0.1, 0.15) is 53.8 Å². The lowest BCUT2D eigenvalue weighted by Crippen LogP contribution is -2.47. The van der Waals surface area contributed by atoms with E-state index >= 15 is 0 Å². The molecule has 0 spiro atoms. The van der Waals surface area contributed by atoms with E-state index in [4.69, 9.17) is 4.74 Å². The van der Waals surface area contributed by atoms with Gasteiger partial charge in [0.25, 0.3) is 0 Å². The summed E-state index contributed by atoms with van der Waals surface area (Å²) in [5.74, 6) is 0.0285. The fourth-order valence-corrected chi connectivity index (χ4v) is 4.83. The van der Waals surface area contributed by atoms with Crippen molar-refractivity contribution in [3.63, 3.8) is 0 Å². The van der Waals surface area contributed by atoms with Crippen molar-refractivity contribution in [2.75, 3.05) is 33.4 Å². The van der Waals surface area contributed by atoms with Gasteiger partial charge in [-0.15, -0.1) is 11.3 Å². The lowest BCUT2D eigenvalue weighted by atomic mass is 9.92. The molecule has 30 heavy (non-hydrogen) atoms. The zero-order valence-corrected chi connectivity index (χ0v) is 19.0. The Hall–Kier alpha value is -2.18. The van der Waals surface area contributed by atoms with E-state index in [0.29, 0.717) is 26.1 Å². The van der Waals surface area contributed by atoms with Gasteiger partial charge in [-0.2, -0.15) is 0 Å². The van der Waals surface area contributed by atoms with E-state index < -0.39 is 0 Å². The second-order valence-corrected chi connectivity index (χ2v) is 8.86. The molecule has 0 bridgehead atoms. The summed E-state index contributed by atoms with van der Waals surface area (Å²) in [5.41, 5.74) is 3.53. The molecule has 6 heteroatoms. The fourth-order valence-electron chi connectivity index (χ4n) is 3.93. The molecule has 0 fully saturated rings. The number of benzene rings is 1. The van der Waals surface area contributed by atoms with E-state index in [0.717, 1.165) is 24.8 Å². The number of fused-ring (bicyclic) bond motifs is 1. The van der Waals surface area contributed by atoms with Crippen molar-refractivity contribution >= 4 is 23.2 Å².